The largest absolute Gasteiger partial charge is 0.497 e. The minimum absolute atomic E-state index is 0.891. The van der Waals surface area contributed by atoms with Gasteiger partial charge < -0.3 is 9.64 Å². The van der Waals surface area contributed by atoms with Gasteiger partial charge in [0.05, 0.1) is 7.11 Å². The molecule has 2 aromatic carbocycles. The van der Waals surface area contributed by atoms with Gasteiger partial charge in [0.1, 0.15) is 5.75 Å². The van der Waals surface area contributed by atoms with Crippen LogP contribution in [0.25, 0.3) is 0 Å². The van der Waals surface area contributed by atoms with Gasteiger partial charge in [0.25, 0.3) is 0 Å². The highest BCUT2D eigenvalue weighted by Crippen LogP contribution is 2.21. The van der Waals surface area contributed by atoms with Crippen LogP contribution in [0.4, 0.5) is 5.69 Å². The van der Waals surface area contributed by atoms with E-state index in [1.807, 2.05) is 32.0 Å². The highest BCUT2D eigenvalue weighted by Gasteiger charge is 2.05. The van der Waals surface area contributed by atoms with E-state index in [0.29, 0.717) is 0 Å². The van der Waals surface area contributed by atoms with Gasteiger partial charge in [-0.25, -0.2) is 0 Å². The van der Waals surface area contributed by atoms with E-state index in [4.69, 9.17) is 4.74 Å². The molecule has 2 aromatic rings. The normalized spacial score (nSPS) is 9.57. The van der Waals surface area contributed by atoms with Gasteiger partial charge in [0.2, 0.25) is 0 Å². The zero-order valence-corrected chi connectivity index (χ0v) is 14.9. The molecule has 3 heteroatoms. The molecule has 0 unspecified atom stereocenters. The summed E-state index contributed by atoms with van der Waals surface area (Å²) in [4.78, 5) is 2.33. The van der Waals surface area contributed by atoms with E-state index in [1.165, 1.54) is 11.3 Å². The molecular formula is C18H24BrNO. The molecule has 2 nitrogen and oxygen atoms in total. The summed E-state index contributed by atoms with van der Waals surface area (Å²) in [6.07, 6.45) is 0. The monoisotopic (exact) mass is 349 g/mol. The maximum atomic E-state index is 5.19. The molecule has 21 heavy (non-hydrogen) atoms. The number of anilines is 1. The molecule has 114 valence electrons. The second kappa shape index (κ2) is 9.46. The van der Waals surface area contributed by atoms with E-state index in [0.717, 1.165) is 23.3 Å². The van der Waals surface area contributed by atoms with Crippen LogP contribution in [0.3, 0.4) is 0 Å². The number of hydrogen-bond donors (Lipinski definition) is 0. The van der Waals surface area contributed by atoms with Crippen LogP contribution < -0.4 is 9.64 Å². The zero-order valence-electron chi connectivity index (χ0n) is 13.3. The lowest BCUT2D eigenvalue weighted by atomic mass is 10.2. The SMILES string of the molecule is CC.CCN(Cc1cccc(Br)c1)c1ccc(OC)cc1. The smallest absolute Gasteiger partial charge is 0.119 e. The topological polar surface area (TPSA) is 12.5 Å². The Morgan fingerprint density at radius 3 is 2.24 bits per heavy atom. The van der Waals surface area contributed by atoms with Crippen molar-refractivity contribution in [3.05, 3.63) is 58.6 Å². The van der Waals surface area contributed by atoms with Crippen LogP contribution >= 0.6 is 15.9 Å². The summed E-state index contributed by atoms with van der Waals surface area (Å²) in [7, 11) is 1.69. The minimum atomic E-state index is 0.891. The Kier molecular flexibility index (Phi) is 7.91. The van der Waals surface area contributed by atoms with Crippen LogP contribution in [0, 0.1) is 0 Å². The third kappa shape index (κ3) is 5.43. The van der Waals surface area contributed by atoms with Gasteiger partial charge in [-0.1, -0.05) is 41.9 Å². The molecule has 0 saturated heterocycles. The van der Waals surface area contributed by atoms with Crippen molar-refractivity contribution in [3.63, 3.8) is 0 Å². The van der Waals surface area contributed by atoms with Gasteiger partial charge in [0, 0.05) is 23.2 Å². The third-order valence-corrected chi connectivity index (χ3v) is 3.58. The lowest BCUT2D eigenvalue weighted by Crippen LogP contribution is -2.21. The minimum Gasteiger partial charge on any atom is -0.497 e. The molecule has 0 bridgehead atoms. The van der Waals surface area contributed by atoms with Crippen molar-refractivity contribution in [3.8, 4) is 5.75 Å². The maximum Gasteiger partial charge on any atom is 0.119 e. The maximum absolute atomic E-state index is 5.19. The number of rotatable bonds is 5. The quantitative estimate of drug-likeness (QED) is 0.705. The lowest BCUT2D eigenvalue weighted by molar-refractivity contribution is 0.415. The van der Waals surface area contributed by atoms with Crippen molar-refractivity contribution < 1.29 is 4.74 Å². The Bertz CT molecular complexity index is 525. The van der Waals surface area contributed by atoms with Crippen LogP contribution in [0.5, 0.6) is 5.75 Å². The molecule has 0 amide bonds. The first-order valence-corrected chi connectivity index (χ1v) is 8.15. The van der Waals surface area contributed by atoms with E-state index in [-0.39, 0.29) is 0 Å². The predicted octanol–water partition coefficient (Wildman–Crippen LogP) is 5.51. The average Bonchev–Trinajstić information content (AvgIpc) is 2.55. The van der Waals surface area contributed by atoms with Gasteiger partial charge in [-0.2, -0.15) is 0 Å². The van der Waals surface area contributed by atoms with Gasteiger partial charge >= 0.3 is 0 Å². The number of nitrogens with zero attached hydrogens (tertiary/aromatic N) is 1. The Hall–Kier alpha value is -1.48. The first-order chi connectivity index (χ1) is 10.2. The zero-order chi connectivity index (χ0) is 15.7. The number of methoxy groups -OCH3 is 1. The highest BCUT2D eigenvalue weighted by molar-refractivity contribution is 9.10. The van der Waals surface area contributed by atoms with Crippen molar-refractivity contribution in [1.82, 2.24) is 0 Å². The van der Waals surface area contributed by atoms with E-state index >= 15 is 0 Å². The summed E-state index contributed by atoms with van der Waals surface area (Å²) < 4.78 is 6.31. The van der Waals surface area contributed by atoms with Gasteiger partial charge in [-0.15, -0.1) is 0 Å². The summed E-state index contributed by atoms with van der Waals surface area (Å²) in [6, 6.07) is 16.6. The standard InChI is InChI=1S/C16H18BrNO.C2H6/c1-3-18(12-13-5-4-6-14(17)11-13)15-7-9-16(19-2)10-8-15;1-2/h4-11H,3,12H2,1-2H3;1-2H3. The van der Waals surface area contributed by atoms with Crippen LogP contribution in [0.1, 0.15) is 26.3 Å². The van der Waals surface area contributed by atoms with Crippen LogP contribution in [-0.2, 0) is 6.54 Å². The summed E-state index contributed by atoms with van der Waals surface area (Å²) in [5.41, 5.74) is 2.51. The number of benzene rings is 2. The number of ether oxygens (including phenoxy) is 1. The Morgan fingerprint density at radius 2 is 1.71 bits per heavy atom. The first-order valence-electron chi connectivity index (χ1n) is 7.36. The molecule has 0 aliphatic heterocycles. The molecule has 0 atom stereocenters. The number of hydrogen-bond acceptors (Lipinski definition) is 2. The second-order valence-corrected chi connectivity index (χ2v) is 5.26. The first kappa shape index (κ1) is 17.6. The van der Waals surface area contributed by atoms with Gasteiger partial charge in [-0.3, -0.25) is 0 Å². The molecule has 0 aromatic heterocycles. The van der Waals surface area contributed by atoms with Crippen LogP contribution in [0.15, 0.2) is 53.0 Å². The molecule has 0 heterocycles. The summed E-state index contributed by atoms with van der Waals surface area (Å²) in [5, 5.41) is 0. The van der Waals surface area contributed by atoms with E-state index in [9.17, 15) is 0 Å². The van der Waals surface area contributed by atoms with Crippen molar-refractivity contribution >= 4 is 21.6 Å². The Labute approximate surface area is 136 Å². The molecule has 0 N–H and O–H groups in total. The molecular weight excluding hydrogens is 326 g/mol. The van der Waals surface area contributed by atoms with Crippen molar-refractivity contribution in [2.75, 3.05) is 18.6 Å². The third-order valence-electron chi connectivity index (χ3n) is 3.08. The molecule has 0 spiro atoms. The van der Waals surface area contributed by atoms with Crippen molar-refractivity contribution in [1.29, 1.82) is 0 Å². The number of halogens is 1. The van der Waals surface area contributed by atoms with Crippen LogP contribution in [-0.4, -0.2) is 13.7 Å². The summed E-state index contributed by atoms with van der Waals surface area (Å²) >= 11 is 3.51. The average molecular weight is 350 g/mol. The molecule has 0 radical (unpaired) electrons. The van der Waals surface area contributed by atoms with Gasteiger partial charge in [-0.05, 0) is 48.9 Å². The molecule has 0 aliphatic rings. The second-order valence-electron chi connectivity index (χ2n) is 4.34. The van der Waals surface area contributed by atoms with Crippen molar-refractivity contribution in [2.24, 2.45) is 0 Å². The summed E-state index contributed by atoms with van der Waals surface area (Å²) in [6.45, 7) is 8.04. The Balaban J connectivity index is 0.00000106. The molecule has 0 saturated carbocycles. The van der Waals surface area contributed by atoms with Crippen molar-refractivity contribution in [2.45, 2.75) is 27.3 Å². The summed E-state index contributed by atoms with van der Waals surface area (Å²) in [5.74, 6) is 0.891. The fourth-order valence-corrected chi connectivity index (χ4v) is 2.48. The van der Waals surface area contributed by atoms with E-state index in [1.54, 1.807) is 7.11 Å². The lowest BCUT2D eigenvalue weighted by Gasteiger charge is -2.23. The molecule has 0 aliphatic carbocycles. The molecule has 2 rings (SSSR count). The van der Waals surface area contributed by atoms with E-state index in [2.05, 4.69) is 58.1 Å². The highest BCUT2D eigenvalue weighted by atomic mass is 79.9. The Morgan fingerprint density at radius 1 is 1.05 bits per heavy atom. The van der Waals surface area contributed by atoms with Crippen LogP contribution in [0.2, 0.25) is 0 Å². The fraction of sp³-hybridized carbons (Fsp3) is 0.333. The molecule has 0 fully saturated rings. The predicted molar refractivity (Wildman–Crippen MR) is 95.2 cm³/mol. The van der Waals surface area contributed by atoms with E-state index < -0.39 is 0 Å². The fourth-order valence-electron chi connectivity index (χ4n) is 2.03. The van der Waals surface area contributed by atoms with Gasteiger partial charge in [0.15, 0.2) is 0 Å².